The molecule has 2 rings (SSSR count). The van der Waals surface area contributed by atoms with Crippen LogP contribution in [0.5, 0.6) is 5.75 Å². The number of benzene rings is 2. The van der Waals surface area contributed by atoms with E-state index in [4.69, 9.17) is 28.0 Å². The highest BCUT2D eigenvalue weighted by Crippen LogP contribution is 2.38. The summed E-state index contributed by atoms with van der Waals surface area (Å²) in [6.45, 7) is 0. The number of carbonyl (C=O) groups is 1. The number of nitrogens with one attached hydrogen (secondary N) is 2. The predicted molar refractivity (Wildman–Crippen MR) is 87.4 cm³/mol. The van der Waals surface area contributed by atoms with Gasteiger partial charge >= 0.3 is 0 Å². The molecule has 0 saturated heterocycles. The second-order valence-corrected chi connectivity index (χ2v) is 5.02. The Bertz CT molecular complexity index is 941. The van der Waals surface area contributed by atoms with Crippen LogP contribution in [0.1, 0.15) is 21.5 Å². The van der Waals surface area contributed by atoms with Crippen LogP contribution in [-0.2, 0) is 0 Å². The summed E-state index contributed by atoms with van der Waals surface area (Å²) in [7, 11) is 0. The summed E-state index contributed by atoms with van der Waals surface area (Å²) in [4.78, 5) is 12.3. The number of nitrogens with zero attached hydrogens (tertiary/aromatic N) is 2. The highest BCUT2D eigenvalue weighted by Gasteiger charge is 2.23. The molecule has 0 aromatic heterocycles. The van der Waals surface area contributed by atoms with Crippen molar-refractivity contribution in [1.29, 1.82) is 15.9 Å². The number of hydrogen-bond acceptors (Lipinski definition) is 5. The van der Waals surface area contributed by atoms with E-state index in [1.54, 1.807) is 0 Å². The molecule has 0 bridgehead atoms. The molecule has 8 heteroatoms. The van der Waals surface area contributed by atoms with Gasteiger partial charge in [0.15, 0.2) is 5.96 Å². The lowest BCUT2D eigenvalue weighted by atomic mass is 9.92. The summed E-state index contributed by atoms with van der Waals surface area (Å²) in [6.07, 6.45) is 0. The number of phenols is 1. The maximum atomic E-state index is 12.3. The Kier molecular flexibility index (Phi) is 4.69. The van der Waals surface area contributed by atoms with Gasteiger partial charge in [-0.1, -0.05) is 23.7 Å². The second kappa shape index (κ2) is 6.69. The molecule has 0 fully saturated rings. The lowest BCUT2D eigenvalue weighted by Crippen LogP contribution is -2.36. The molecule has 0 unspecified atom stereocenters. The molecule has 0 radical (unpaired) electrons. The van der Waals surface area contributed by atoms with Crippen LogP contribution in [0.15, 0.2) is 30.3 Å². The Morgan fingerprint density at radius 1 is 1.21 bits per heavy atom. The summed E-state index contributed by atoms with van der Waals surface area (Å²) < 4.78 is 0. The van der Waals surface area contributed by atoms with Gasteiger partial charge in [-0.25, -0.2) is 0 Å². The van der Waals surface area contributed by atoms with Gasteiger partial charge < -0.3 is 10.8 Å². The number of halogens is 1. The Balaban J connectivity index is 2.85. The fourth-order valence-electron chi connectivity index (χ4n) is 2.19. The number of nitrogens with two attached hydrogens (primary N) is 1. The first kappa shape index (κ1) is 16.8. The van der Waals surface area contributed by atoms with E-state index in [2.05, 4.69) is 5.32 Å². The lowest BCUT2D eigenvalue weighted by molar-refractivity contribution is 0.0974. The molecule has 7 nitrogen and oxygen atoms in total. The van der Waals surface area contributed by atoms with Crippen molar-refractivity contribution in [1.82, 2.24) is 5.32 Å². The fourth-order valence-corrected chi connectivity index (χ4v) is 2.45. The van der Waals surface area contributed by atoms with E-state index in [-0.39, 0.29) is 32.8 Å². The van der Waals surface area contributed by atoms with E-state index in [1.165, 1.54) is 30.3 Å². The van der Waals surface area contributed by atoms with Crippen LogP contribution in [0.4, 0.5) is 0 Å². The molecule has 0 aliphatic carbocycles. The average molecular weight is 340 g/mol. The van der Waals surface area contributed by atoms with Crippen molar-refractivity contribution in [2.45, 2.75) is 0 Å². The normalized spacial score (nSPS) is 9.62. The third-order valence-corrected chi connectivity index (χ3v) is 3.57. The van der Waals surface area contributed by atoms with E-state index < -0.39 is 17.6 Å². The van der Waals surface area contributed by atoms with E-state index in [1.807, 2.05) is 12.1 Å². The number of carbonyl (C=O) groups excluding carboxylic acids is 1. The SMILES string of the molecule is N#Cc1cccc(-c2c(C#N)ccc(O)c2C(=O)NC(=N)N)c1Cl. The van der Waals surface area contributed by atoms with Crippen molar-refractivity contribution in [2.75, 3.05) is 0 Å². The zero-order valence-electron chi connectivity index (χ0n) is 12.1. The third kappa shape index (κ3) is 2.98. The highest BCUT2D eigenvalue weighted by atomic mass is 35.5. The van der Waals surface area contributed by atoms with Crippen molar-refractivity contribution >= 4 is 23.5 Å². The summed E-state index contributed by atoms with van der Waals surface area (Å²) in [6, 6.07) is 10.9. The van der Waals surface area contributed by atoms with Crippen LogP contribution < -0.4 is 11.1 Å². The number of guanidine groups is 1. The largest absolute Gasteiger partial charge is 0.507 e. The van der Waals surface area contributed by atoms with Crippen molar-refractivity contribution in [3.8, 4) is 29.0 Å². The second-order valence-electron chi connectivity index (χ2n) is 4.64. The molecule has 24 heavy (non-hydrogen) atoms. The number of aromatic hydroxyl groups is 1. The van der Waals surface area contributed by atoms with Crippen molar-refractivity contribution in [3.05, 3.63) is 52.0 Å². The number of nitriles is 2. The minimum atomic E-state index is -0.870. The van der Waals surface area contributed by atoms with Crippen molar-refractivity contribution < 1.29 is 9.90 Å². The first-order chi connectivity index (χ1) is 11.4. The molecule has 0 atom stereocenters. The van der Waals surface area contributed by atoms with Gasteiger partial charge in [-0.3, -0.25) is 15.5 Å². The zero-order valence-corrected chi connectivity index (χ0v) is 12.8. The van der Waals surface area contributed by atoms with Crippen LogP contribution >= 0.6 is 11.6 Å². The predicted octanol–water partition coefficient (Wildman–Crippen LogP) is 2.08. The van der Waals surface area contributed by atoms with Gasteiger partial charge in [0.25, 0.3) is 5.91 Å². The first-order valence-electron chi connectivity index (χ1n) is 6.51. The number of amides is 1. The van der Waals surface area contributed by atoms with E-state index in [9.17, 15) is 15.2 Å². The lowest BCUT2D eigenvalue weighted by Gasteiger charge is -2.14. The van der Waals surface area contributed by atoms with Gasteiger partial charge in [0.1, 0.15) is 11.8 Å². The number of rotatable bonds is 2. The highest BCUT2D eigenvalue weighted by molar-refractivity contribution is 6.35. The molecule has 2 aromatic rings. The average Bonchev–Trinajstić information content (AvgIpc) is 2.54. The Morgan fingerprint density at radius 2 is 1.88 bits per heavy atom. The van der Waals surface area contributed by atoms with Crippen LogP contribution in [0, 0.1) is 28.1 Å². The molecule has 118 valence electrons. The molecule has 0 saturated carbocycles. The van der Waals surface area contributed by atoms with Gasteiger partial charge in [0.2, 0.25) is 0 Å². The van der Waals surface area contributed by atoms with Gasteiger partial charge in [-0.15, -0.1) is 0 Å². The van der Waals surface area contributed by atoms with Crippen LogP contribution in [0.25, 0.3) is 11.1 Å². The fraction of sp³-hybridized carbons (Fsp3) is 0. The molecule has 0 aliphatic rings. The Morgan fingerprint density at radius 3 is 2.46 bits per heavy atom. The molecule has 0 spiro atoms. The summed E-state index contributed by atoms with van der Waals surface area (Å²) in [5, 5.41) is 37.8. The molecule has 1 amide bonds. The van der Waals surface area contributed by atoms with Gasteiger partial charge in [-0.2, -0.15) is 10.5 Å². The smallest absolute Gasteiger partial charge is 0.262 e. The topological polar surface area (TPSA) is 147 Å². The number of hydrogen-bond donors (Lipinski definition) is 4. The van der Waals surface area contributed by atoms with E-state index >= 15 is 0 Å². The molecule has 2 aromatic carbocycles. The maximum Gasteiger partial charge on any atom is 0.262 e. The summed E-state index contributed by atoms with van der Waals surface area (Å²) in [5.74, 6) is -1.91. The third-order valence-electron chi connectivity index (χ3n) is 3.17. The van der Waals surface area contributed by atoms with Gasteiger partial charge in [-0.05, 0) is 18.2 Å². The van der Waals surface area contributed by atoms with Crippen LogP contribution in [0.2, 0.25) is 5.02 Å². The van der Waals surface area contributed by atoms with E-state index in [0.717, 1.165) is 0 Å². The van der Waals surface area contributed by atoms with Gasteiger partial charge in [0, 0.05) is 11.1 Å². The first-order valence-corrected chi connectivity index (χ1v) is 6.89. The Labute approximate surface area is 142 Å². The monoisotopic (exact) mass is 339 g/mol. The standard InChI is InChI=1S/C16H10ClN5O2/c17-14-9(7-19)2-1-3-10(14)12-8(6-18)4-5-11(23)13(12)15(24)22-16(20)21/h1-5,23H,(H4,20,21,22,24). The summed E-state index contributed by atoms with van der Waals surface area (Å²) in [5.41, 5.74) is 5.40. The molecular formula is C16H10ClN5O2. The minimum Gasteiger partial charge on any atom is -0.507 e. The maximum absolute atomic E-state index is 12.3. The van der Waals surface area contributed by atoms with Crippen LogP contribution in [-0.4, -0.2) is 17.0 Å². The molecule has 5 N–H and O–H groups in total. The van der Waals surface area contributed by atoms with Crippen LogP contribution in [0.3, 0.4) is 0 Å². The van der Waals surface area contributed by atoms with Crippen molar-refractivity contribution in [3.63, 3.8) is 0 Å². The minimum absolute atomic E-state index is 0.0407. The molecule has 0 heterocycles. The van der Waals surface area contributed by atoms with Gasteiger partial charge in [0.05, 0.1) is 27.8 Å². The van der Waals surface area contributed by atoms with E-state index in [0.29, 0.717) is 0 Å². The molecule has 0 aliphatic heterocycles. The van der Waals surface area contributed by atoms with Crippen molar-refractivity contribution in [2.24, 2.45) is 5.73 Å². The summed E-state index contributed by atoms with van der Waals surface area (Å²) >= 11 is 6.19. The Hall–Kier alpha value is -3.55. The zero-order chi connectivity index (χ0) is 17.9. The number of phenolic OH excluding ortho intramolecular Hbond substituents is 1. The molecular weight excluding hydrogens is 330 g/mol. The quantitative estimate of drug-likeness (QED) is 0.488.